The molecule has 3 nitrogen and oxygen atoms in total. The van der Waals surface area contributed by atoms with Gasteiger partial charge in [-0.3, -0.25) is 4.79 Å². The maximum Gasteiger partial charge on any atom is 0.305 e. The van der Waals surface area contributed by atoms with E-state index in [9.17, 15) is 9.90 Å². The molecule has 24 heavy (non-hydrogen) atoms. The van der Waals surface area contributed by atoms with E-state index in [2.05, 4.69) is 23.8 Å². The van der Waals surface area contributed by atoms with Crippen LogP contribution in [0, 0.1) is 0 Å². The minimum absolute atomic E-state index is 0.190. The minimum atomic E-state index is -0.432. The van der Waals surface area contributed by atoms with Crippen LogP contribution < -0.4 is 0 Å². The normalized spacial score (nSPS) is 13.6. The van der Waals surface area contributed by atoms with Gasteiger partial charge in [0, 0.05) is 6.42 Å². The largest absolute Gasteiger partial charge is 0.469 e. The molecule has 0 bridgehead atoms. The molecule has 0 saturated heterocycles. The molecule has 0 aliphatic rings. The summed E-state index contributed by atoms with van der Waals surface area (Å²) in [5, 5.41) is 9.81. The van der Waals surface area contributed by atoms with Crippen molar-refractivity contribution in [2.75, 3.05) is 7.11 Å². The molecule has 1 atom stereocenters. The highest BCUT2D eigenvalue weighted by molar-refractivity contribution is 5.69. The van der Waals surface area contributed by atoms with Crippen molar-refractivity contribution < 1.29 is 14.6 Å². The molecule has 1 N–H and O–H groups in total. The second-order valence-electron chi connectivity index (χ2n) is 5.78. The van der Waals surface area contributed by atoms with Gasteiger partial charge in [0.15, 0.2) is 0 Å². The number of rotatable bonds is 14. The highest BCUT2D eigenvalue weighted by Gasteiger charge is 1.97. The topological polar surface area (TPSA) is 46.5 Å². The predicted octanol–water partition coefficient (Wildman–Crippen LogP) is 5.28. The summed E-state index contributed by atoms with van der Waals surface area (Å²) in [5.41, 5.74) is 0. The van der Waals surface area contributed by atoms with Crippen molar-refractivity contribution in [3.63, 3.8) is 0 Å². The standard InChI is InChI=1S/C21H34O3/c1-3-4-5-6-7-8-9-10-11-14-17-20(22)18-15-12-13-16-19-21(23)24-2/h8-14,17,20,22H,3-7,15-16,18-19H2,1-2H3/b9-8+,11-10+,13-12-,17-14+. The fraction of sp³-hybridized carbons (Fsp3) is 0.571. The van der Waals surface area contributed by atoms with Crippen molar-refractivity contribution >= 4 is 5.97 Å². The molecule has 0 aliphatic carbocycles. The van der Waals surface area contributed by atoms with Crippen LogP contribution in [-0.2, 0) is 9.53 Å². The van der Waals surface area contributed by atoms with Gasteiger partial charge in [-0.25, -0.2) is 0 Å². The molecule has 3 heteroatoms. The van der Waals surface area contributed by atoms with Crippen molar-refractivity contribution in [2.45, 2.75) is 70.8 Å². The molecule has 0 radical (unpaired) electrons. The number of hydrogen-bond donors (Lipinski definition) is 1. The van der Waals surface area contributed by atoms with E-state index in [-0.39, 0.29) is 5.97 Å². The maximum absolute atomic E-state index is 10.9. The molecular formula is C21H34O3. The van der Waals surface area contributed by atoms with Crippen LogP contribution in [0.1, 0.15) is 64.7 Å². The summed E-state index contributed by atoms with van der Waals surface area (Å²) in [6, 6.07) is 0. The summed E-state index contributed by atoms with van der Waals surface area (Å²) < 4.78 is 4.56. The number of allylic oxidation sites excluding steroid dienone is 7. The van der Waals surface area contributed by atoms with Gasteiger partial charge >= 0.3 is 5.97 Å². The third-order valence-electron chi connectivity index (χ3n) is 3.57. The van der Waals surface area contributed by atoms with Crippen molar-refractivity contribution in [2.24, 2.45) is 0 Å². The lowest BCUT2D eigenvalue weighted by Crippen LogP contribution is -2.00. The zero-order chi connectivity index (χ0) is 17.9. The highest BCUT2D eigenvalue weighted by atomic mass is 16.5. The summed E-state index contributed by atoms with van der Waals surface area (Å²) in [5.74, 6) is -0.190. The monoisotopic (exact) mass is 334 g/mol. The average Bonchev–Trinajstić information content (AvgIpc) is 2.59. The van der Waals surface area contributed by atoms with E-state index >= 15 is 0 Å². The van der Waals surface area contributed by atoms with E-state index in [1.54, 1.807) is 6.08 Å². The Kier molecular flexibility index (Phi) is 16.5. The Morgan fingerprint density at radius 3 is 2.46 bits per heavy atom. The van der Waals surface area contributed by atoms with Crippen LogP contribution in [0.15, 0.2) is 48.6 Å². The number of ether oxygens (including phenoxy) is 1. The molecule has 0 heterocycles. The minimum Gasteiger partial charge on any atom is -0.469 e. The number of carbonyl (C=O) groups is 1. The molecule has 0 aliphatic heterocycles. The Morgan fingerprint density at radius 2 is 1.71 bits per heavy atom. The van der Waals surface area contributed by atoms with E-state index in [1.165, 1.54) is 32.8 Å². The molecule has 0 spiro atoms. The van der Waals surface area contributed by atoms with E-state index in [0.29, 0.717) is 19.3 Å². The lowest BCUT2D eigenvalue weighted by molar-refractivity contribution is -0.140. The first kappa shape index (κ1) is 22.4. The molecule has 0 amide bonds. The average molecular weight is 335 g/mol. The Morgan fingerprint density at radius 1 is 0.958 bits per heavy atom. The van der Waals surface area contributed by atoms with Gasteiger partial charge in [-0.2, -0.15) is 0 Å². The van der Waals surface area contributed by atoms with Gasteiger partial charge in [-0.15, -0.1) is 0 Å². The molecule has 136 valence electrons. The van der Waals surface area contributed by atoms with Crippen LogP contribution in [0.2, 0.25) is 0 Å². The first-order valence-electron chi connectivity index (χ1n) is 9.10. The van der Waals surface area contributed by atoms with Crippen LogP contribution >= 0.6 is 0 Å². The van der Waals surface area contributed by atoms with Gasteiger partial charge in [0.1, 0.15) is 0 Å². The summed E-state index contributed by atoms with van der Waals surface area (Å²) in [4.78, 5) is 10.9. The number of aliphatic hydroxyl groups is 1. The Hall–Kier alpha value is -1.61. The lowest BCUT2D eigenvalue weighted by atomic mass is 10.1. The number of esters is 1. The van der Waals surface area contributed by atoms with Gasteiger partial charge in [0.25, 0.3) is 0 Å². The quantitative estimate of drug-likeness (QED) is 0.203. The predicted molar refractivity (Wildman–Crippen MR) is 102 cm³/mol. The maximum atomic E-state index is 10.9. The third kappa shape index (κ3) is 16.8. The van der Waals surface area contributed by atoms with Crippen LogP contribution in [0.5, 0.6) is 0 Å². The van der Waals surface area contributed by atoms with Gasteiger partial charge in [0.2, 0.25) is 0 Å². The summed E-state index contributed by atoms with van der Waals surface area (Å²) in [6.45, 7) is 2.22. The van der Waals surface area contributed by atoms with Crippen molar-refractivity contribution in [1.29, 1.82) is 0 Å². The Labute approximate surface area is 147 Å². The molecule has 0 aromatic rings. The molecule has 0 aromatic carbocycles. The fourth-order valence-corrected chi connectivity index (χ4v) is 2.09. The summed E-state index contributed by atoms with van der Waals surface area (Å²) in [6.07, 6.45) is 24.3. The van der Waals surface area contributed by atoms with Gasteiger partial charge < -0.3 is 9.84 Å². The number of methoxy groups -OCH3 is 1. The second kappa shape index (κ2) is 17.7. The zero-order valence-corrected chi connectivity index (χ0v) is 15.3. The number of carbonyl (C=O) groups excluding carboxylic acids is 1. The summed E-state index contributed by atoms with van der Waals surface area (Å²) >= 11 is 0. The van der Waals surface area contributed by atoms with Crippen LogP contribution in [0.4, 0.5) is 0 Å². The third-order valence-corrected chi connectivity index (χ3v) is 3.57. The Balaban J connectivity index is 3.64. The van der Waals surface area contributed by atoms with Crippen molar-refractivity contribution in [3.8, 4) is 0 Å². The highest BCUT2D eigenvalue weighted by Crippen LogP contribution is 2.03. The van der Waals surface area contributed by atoms with Crippen molar-refractivity contribution in [3.05, 3.63) is 48.6 Å². The first-order chi connectivity index (χ1) is 11.7. The number of hydrogen-bond acceptors (Lipinski definition) is 3. The van der Waals surface area contributed by atoms with Gasteiger partial charge in [-0.05, 0) is 32.1 Å². The van der Waals surface area contributed by atoms with Gasteiger partial charge in [0.05, 0.1) is 13.2 Å². The molecule has 0 fully saturated rings. The lowest BCUT2D eigenvalue weighted by Gasteiger charge is -2.01. The first-order valence-corrected chi connectivity index (χ1v) is 9.10. The van der Waals surface area contributed by atoms with Gasteiger partial charge in [-0.1, -0.05) is 74.8 Å². The fourth-order valence-electron chi connectivity index (χ4n) is 2.09. The van der Waals surface area contributed by atoms with E-state index in [1.807, 2.05) is 30.4 Å². The smallest absolute Gasteiger partial charge is 0.305 e. The van der Waals surface area contributed by atoms with Crippen LogP contribution in [-0.4, -0.2) is 24.3 Å². The number of unbranched alkanes of at least 4 members (excludes halogenated alkanes) is 4. The molecule has 0 saturated carbocycles. The van der Waals surface area contributed by atoms with Crippen LogP contribution in [0.3, 0.4) is 0 Å². The van der Waals surface area contributed by atoms with E-state index in [4.69, 9.17) is 0 Å². The molecule has 1 unspecified atom stereocenters. The SMILES string of the molecule is CCCCCC/C=C/C=C/C=C/C(O)CC/C=C\CCC(=O)OC. The molecule has 0 aromatic heterocycles. The van der Waals surface area contributed by atoms with E-state index < -0.39 is 6.10 Å². The summed E-state index contributed by atoms with van der Waals surface area (Å²) in [7, 11) is 1.40. The number of aliphatic hydroxyl groups excluding tert-OH is 1. The molecule has 0 rings (SSSR count). The zero-order valence-electron chi connectivity index (χ0n) is 15.3. The molecular weight excluding hydrogens is 300 g/mol. The Bertz CT molecular complexity index is 405. The van der Waals surface area contributed by atoms with Crippen LogP contribution in [0.25, 0.3) is 0 Å². The van der Waals surface area contributed by atoms with E-state index in [0.717, 1.165) is 12.8 Å². The van der Waals surface area contributed by atoms with Crippen molar-refractivity contribution in [1.82, 2.24) is 0 Å². The second-order valence-corrected chi connectivity index (χ2v) is 5.78.